The smallest absolute Gasteiger partial charge is 0.266 e. The van der Waals surface area contributed by atoms with Gasteiger partial charge < -0.3 is 4.74 Å². The molecule has 0 aliphatic carbocycles. The first-order valence-corrected chi connectivity index (χ1v) is 11.1. The van der Waals surface area contributed by atoms with Crippen LogP contribution < -0.4 is 14.7 Å². The third kappa shape index (κ3) is 3.37. The number of hydroxylamine groups is 1. The Hall–Kier alpha value is -3.06. The Morgan fingerprint density at radius 2 is 1.55 bits per heavy atom. The highest BCUT2D eigenvalue weighted by Crippen LogP contribution is 2.55. The highest BCUT2D eigenvalue weighted by atomic mass is 35.5. The van der Waals surface area contributed by atoms with Crippen LogP contribution in [-0.4, -0.2) is 25.0 Å². The van der Waals surface area contributed by atoms with Crippen molar-refractivity contribution < 1.29 is 19.2 Å². The number of benzene rings is 3. The Labute approximate surface area is 201 Å². The van der Waals surface area contributed by atoms with Crippen LogP contribution in [0.2, 0.25) is 10.0 Å². The SMILES string of the molecule is COc1ccc([C@@H]2N(c3ccccc3)O[C@H]3C(=O)N(c4cc(Cl)cc(Cl)c4)C(=O)[C@@]23C)cc1. The van der Waals surface area contributed by atoms with Gasteiger partial charge in [-0.15, -0.1) is 0 Å². The number of hydrogen-bond donors (Lipinski definition) is 0. The van der Waals surface area contributed by atoms with E-state index in [1.807, 2.05) is 54.6 Å². The van der Waals surface area contributed by atoms with Crippen molar-refractivity contribution in [3.63, 3.8) is 0 Å². The molecule has 5 rings (SSSR count). The average molecular weight is 483 g/mol. The summed E-state index contributed by atoms with van der Waals surface area (Å²) in [7, 11) is 1.59. The maximum Gasteiger partial charge on any atom is 0.266 e. The van der Waals surface area contributed by atoms with Gasteiger partial charge in [-0.3, -0.25) is 14.4 Å². The van der Waals surface area contributed by atoms with Gasteiger partial charge in [-0.05, 0) is 55.0 Å². The summed E-state index contributed by atoms with van der Waals surface area (Å²) in [5, 5.41) is 2.32. The number of nitrogens with zero attached hydrogens (tertiary/aromatic N) is 2. The van der Waals surface area contributed by atoms with E-state index < -0.39 is 23.5 Å². The summed E-state index contributed by atoms with van der Waals surface area (Å²) in [6.45, 7) is 1.77. The Morgan fingerprint density at radius 3 is 2.15 bits per heavy atom. The van der Waals surface area contributed by atoms with Crippen LogP contribution in [-0.2, 0) is 14.4 Å². The summed E-state index contributed by atoms with van der Waals surface area (Å²) < 4.78 is 5.29. The maximum atomic E-state index is 13.9. The summed E-state index contributed by atoms with van der Waals surface area (Å²) in [6.07, 6.45) is -1.02. The van der Waals surface area contributed by atoms with Crippen molar-refractivity contribution in [2.24, 2.45) is 5.41 Å². The standard InChI is InChI=1S/C25H20Cl2N2O4/c1-25-21(15-8-10-20(32-2)11-9-15)29(18-6-4-3-5-7-18)33-22(25)23(30)28(24(25)31)19-13-16(26)12-17(27)14-19/h3-14,21-22H,1-2H3/t21-,22-,25-/m0/s1. The number of carbonyl (C=O) groups is 2. The number of imide groups is 1. The molecule has 33 heavy (non-hydrogen) atoms. The molecule has 0 aromatic heterocycles. The van der Waals surface area contributed by atoms with E-state index in [9.17, 15) is 9.59 Å². The second-order valence-electron chi connectivity index (χ2n) is 8.21. The number of ether oxygens (including phenoxy) is 1. The number of halogens is 2. The fourth-order valence-electron chi connectivity index (χ4n) is 4.63. The fourth-order valence-corrected chi connectivity index (χ4v) is 5.14. The van der Waals surface area contributed by atoms with Crippen molar-refractivity contribution in [2.45, 2.75) is 19.1 Å². The maximum absolute atomic E-state index is 13.9. The van der Waals surface area contributed by atoms with Crippen molar-refractivity contribution in [3.05, 3.63) is 88.4 Å². The zero-order chi connectivity index (χ0) is 23.3. The van der Waals surface area contributed by atoms with E-state index in [0.717, 1.165) is 16.2 Å². The number of amides is 2. The number of methoxy groups -OCH3 is 1. The van der Waals surface area contributed by atoms with Crippen LogP contribution in [0.25, 0.3) is 0 Å². The Balaban J connectivity index is 1.64. The lowest BCUT2D eigenvalue weighted by Crippen LogP contribution is -2.41. The van der Waals surface area contributed by atoms with Crippen LogP contribution in [0.1, 0.15) is 18.5 Å². The third-order valence-electron chi connectivity index (χ3n) is 6.22. The minimum atomic E-state index is -1.20. The van der Waals surface area contributed by atoms with Crippen molar-refractivity contribution in [1.29, 1.82) is 0 Å². The lowest BCUT2D eigenvalue weighted by atomic mass is 9.76. The molecule has 2 aliphatic rings. The van der Waals surface area contributed by atoms with Crippen LogP contribution in [0.3, 0.4) is 0 Å². The molecule has 8 heteroatoms. The van der Waals surface area contributed by atoms with E-state index in [1.54, 1.807) is 37.3 Å². The molecule has 0 unspecified atom stereocenters. The van der Waals surface area contributed by atoms with Gasteiger partial charge >= 0.3 is 0 Å². The quantitative estimate of drug-likeness (QED) is 0.463. The number of hydrogen-bond acceptors (Lipinski definition) is 5. The average Bonchev–Trinajstić information content (AvgIpc) is 3.22. The minimum Gasteiger partial charge on any atom is -0.497 e. The Bertz CT molecular complexity index is 1210. The molecule has 3 atom stereocenters. The van der Waals surface area contributed by atoms with E-state index in [0.29, 0.717) is 21.5 Å². The molecule has 2 saturated heterocycles. The zero-order valence-corrected chi connectivity index (χ0v) is 19.4. The second-order valence-corrected chi connectivity index (χ2v) is 9.08. The molecule has 0 radical (unpaired) electrons. The van der Waals surface area contributed by atoms with Crippen molar-refractivity contribution in [2.75, 3.05) is 17.1 Å². The minimum absolute atomic E-state index is 0.321. The van der Waals surface area contributed by atoms with E-state index in [4.69, 9.17) is 32.8 Å². The van der Waals surface area contributed by atoms with Gasteiger partial charge in [-0.1, -0.05) is 53.5 Å². The third-order valence-corrected chi connectivity index (χ3v) is 6.66. The van der Waals surface area contributed by atoms with Crippen molar-refractivity contribution in [3.8, 4) is 5.75 Å². The summed E-state index contributed by atoms with van der Waals surface area (Å²) in [5.74, 6) is -0.150. The monoisotopic (exact) mass is 482 g/mol. The van der Waals surface area contributed by atoms with Gasteiger partial charge in [0.25, 0.3) is 5.91 Å². The lowest BCUT2D eigenvalue weighted by molar-refractivity contribution is -0.128. The molecule has 2 aliphatic heterocycles. The van der Waals surface area contributed by atoms with Crippen LogP contribution >= 0.6 is 23.2 Å². The number of fused-ring (bicyclic) bond motifs is 1. The second kappa shape index (κ2) is 8.06. The van der Waals surface area contributed by atoms with Crippen LogP contribution in [0.15, 0.2) is 72.8 Å². The van der Waals surface area contributed by atoms with Gasteiger partial charge in [-0.2, -0.15) is 0 Å². The van der Waals surface area contributed by atoms with Crippen molar-refractivity contribution in [1.82, 2.24) is 0 Å². The molecule has 3 aromatic rings. The van der Waals surface area contributed by atoms with Gasteiger partial charge in [0.2, 0.25) is 5.91 Å². The Kier molecular flexibility index (Phi) is 5.32. The van der Waals surface area contributed by atoms with Crippen LogP contribution in [0, 0.1) is 5.41 Å². The normalized spacial score (nSPS) is 24.4. The first-order valence-electron chi connectivity index (χ1n) is 10.3. The predicted molar refractivity (Wildman–Crippen MR) is 127 cm³/mol. The molecule has 2 fully saturated rings. The van der Waals surface area contributed by atoms with E-state index in [-0.39, 0.29) is 5.91 Å². The van der Waals surface area contributed by atoms with Crippen LogP contribution in [0.5, 0.6) is 5.75 Å². The molecule has 0 saturated carbocycles. The summed E-state index contributed by atoms with van der Waals surface area (Å²) in [4.78, 5) is 34.8. The highest BCUT2D eigenvalue weighted by molar-refractivity contribution is 6.36. The summed E-state index contributed by atoms with van der Waals surface area (Å²) in [5.41, 5.74) is 0.682. The number of rotatable bonds is 4. The fraction of sp³-hybridized carbons (Fsp3) is 0.200. The van der Waals surface area contributed by atoms with Gasteiger partial charge in [0, 0.05) is 10.0 Å². The topological polar surface area (TPSA) is 59.1 Å². The van der Waals surface area contributed by atoms with Crippen LogP contribution in [0.4, 0.5) is 11.4 Å². The van der Waals surface area contributed by atoms with E-state index >= 15 is 0 Å². The lowest BCUT2D eigenvalue weighted by Gasteiger charge is -2.32. The molecule has 3 aromatic carbocycles. The van der Waals surface area contributed by atoms with Crippen molar-refractivity contribution >= 4 is 46.4 Å². The van der Waals surface area contributed by atoms with Gasteiger partial charge in [0.05, 0.1) is 24.5 Å². The first-order chi connectivity index (χ1) is 15.8. The highest BCUT2D eigenvalue weighted by Gasteiger charge is 2.68. The predicted octanol–water partition coefficient (Wildman–Crippen LogP) is 5.44. The first kappa shape index (κ1) is 21.8. The van der Waals surface area contributed by atoms with E-state index in [1.165, 1.54) is 0 Å². The number of para-hydroxylation sites is 1. The van der Waals surface area contributed by atoms with Gasteiger partial charge in [-0.25, -0.2) is 9.96 Å². The van der Waals surface area contributed by atoms with Gasteiger partial charge in [0.1, 0.15) is 11.2 Å². The molecule has 0 spiro atoms. The molecule has 2 heterocycles. The Morgan fingerprint density at radius 1 is 0.909 bits per heavy atom. The molecular weight excluding hydrogens is 463 g/mol. The molecule has 6 nitrogen and oxygen atoms in total. The molecule has 0 N–H and O–H groups in total. The summed E-state index contributed by atoms with van der Waals surface area (Å²) >= 11 is 12.3. The summed E-state index contributed by atoms with van der Waals surface area (Å²) in [6, 6.07) is 20.9. The number of anilines is 2. The molecule has 168 valence electrons. The molecule has 2 amide bonds. The number of carbonyl (C=O) groups excluding carboxylic acids is 2. The molecular formula is C25H20Cl2N2O4. The molecule has 0 bridgehead atoms. The van der Waals surface area contributed by atoms with Gasteiger partial charge in [0.15, 0.2) is 6.10 Å². The zero-order valence-electron chi connectivity index (χ0n) is 17.9. The van der Waals surface area contributed by atoms with E-state index in [2.05, 4.69) is 0 Å². The largest absolute Gasteiger partial charge is 0.497 e.